The first kappa shape index (κ1) is 59.4. The molecule has 0 amide bonds. The maximum atomic E-state index is 14.0. The van der Waals surface area contributed by atoms with E-state index in [-0.39, 0.29) is 0 Å². The van der Waals surface area contributed by atoms with Gasteiger partial charge in [0.05, 0.1) is 22.3 Å². The number of hydrogen-bond donors (Lipinski definition) is 0. The molecule has 0 radical (unpaired) electrons. The van der Waals surface area contributed by atoms with E-state index in [9.17, 15) is 52.7 Å². The van der Waals surface area contributed by atoms with E-state index < -0.39 is 67.6 Å². The number of hydrogen-bond acceptors (Lipinski definition) is 0. The average molecular weight is 1200 g/mol. The zero-order chi connectivity index (χ0) is 60.2. The van der Waals surface area contributed by atoms with E-state index in [0.29, 0.717) is 59.9 Å². The predicted molar refractivity (Wildman–Crippen MR) is 330 cm³/mol. The van der Waals surface area contributed by atoms with Crippen molar-refractivity contribution in [1.29, 1.82) is 0 Å². The Bertz CT molecular complexity index is 3950. The van der Waals surface area contributed by atoms with E-state index in [4.69, 9.17) is 12.6 Å². The fourth-order valence-electron chi connectivity index (χ4n) is 10.5. The molecule has 84 heavy (non-hydrogen) atoms. The van der Waals surface area contributed by atoms with Crippen LogP contribution in [0.5, 0.6) is 0 Å². The fraction of sp³-hybridized carbons (Fsp3) is 0.0870. The van der Waals surface area contributed by atoms with Gasteiger partial charge in [0.15, 0.2) is 0 Å². The molecule has 0 saturated heterocycles. The second-order valence-electron chi connectivity index (χ2n) is 20.7. The lowest BCUT2D eigenvalue weighted by atomic mass is 9.93. The Morgan fingerprint density at radius 2 is 0.417 bits per heavy atom. The Kier molecular flexibility index (Phi) is 15.8. The van der Waals surface area contributed by atoms with Crippen molar-refractivity contribution in [1.82, 2.24) is 0 Å². The number of benzene rings is 10. The highest BCUT2D eigenvalue weighted by molar-refractivity contribution is 7.94. The minimum absolute atomic E-state index is 0.374. The molecule has 10 aromatic carbocycles. The quantitative estimate of drug-likeness (QED) is 0.0845. The largest absolute Gasteiger partial charge is 0.416 e. The van der Waals surface area contributed by atoms with Crippen molar-refractivity contribution in [3.05, 3.63) is 270 Å². The van der Waals surface area contributed by atoms with Crippen LogP contribution in [0.25, 0.3) is 33.4 Å². The summed E-state index contributed by atoms with van der Waals surface area (Å²) in [7, 11) is 0. The lowest BCUT2D eigenvalue weighted by molar-refractivity contribution is -0.138. The molecule has 0 saturated carbocycles. The van der Waals surface area contributed by atoms with Crippen LogP contribution in [0.4, 0.5) is 52.7 Å². The molecule has 2 unspecified atom stereocenters. The summed E-state index contributed by atoms with van der Waals surface area (Å²) in [6.07, 6.45) is -4.14. The topological polar surface area (TPSA) is 0 Å². The maximum absolute atomic E-state index is 14.0. The maximum Gasteiger partial charge on any atom is 0.416 e. The molecule has 0 aromatic heterocycles. The summed E-state index contributed by atoms with van der Waals surface area (Å²) in [4.78, 5) is 0. The molecule has 0 aliphatic rings. The Balaban J connectivity index is 1.19. The van der Waals surface area contributed by atoms with Gasteiger partial charge in [-0.05, 0) is 201 Å². The van der Waals surface area contributed by atoms with Crippen molar-refractivity contribution in [3.8, 4) is 33.4 Å². The number of halogens is 12. The minimum atomic E-state index is -4.67. The molecule has 426 valence electrons. The first-order valence-corrected chi connectivity index (χ1v) is 32.0. The third-order valence-corrected chi connectivity index (χ3v) is 25.8. The second kappa shape index (κ2) is 22.4. The van der Waals surface area contributed by atoms with Gasteiger partial charge in [-0.1, -0.05) is 182 Å². The predicted octanol–water partition coefficient (Wildman–Crippen LogP) is 16.6. The van der Waals surface area contributed by atoms with Crippen LogP contribution in [-0.2, 0) is 24.7 Å². The van der Waals surface area contributed by atoms with Gasteiger partial charge >= 0.3 is 24.7 Å². The van der Waals surface area contributed by atoms with Gasteiger partial charge in [0.2, 0.25) is 0 Å². The molecule has 0 aliphatic heterocycles. The van der Waals surface area contributed by atoms with Crippen LogP contribution >= 0.6 is 20.7 Å². The summed E-state index contributed by atoms with van der Waals surface area (Å²) < 4.78 is 168. The minimum Gasteiger partial charge on any atom is -0.166 e. The number of alkyl halides is 12. The van der Waals surface area contributed by atoms with Gasteiger partial charge in [-0.3, -0.25) is 0 Å². The zero-order valence-electron chi connectivity index (χ0n) is 45.0. The van der Waals surface area contributed by atoms with Crippen molar-refractivity contribution in [2.45, 2.75) is 38.6 Å². The van der Waals surface area contributed by atoms with Crippen LogP contribution in [0, 0.1) is 13.8 Å². The Morgan fingerprint density at radius 3 is 0.607 bits per heavy atom. The van der Waals surface area contributed by atoms with Crippen molar-refractivity contribution in [2.24, 2.45) is 0 Å². The fourth-order valence-corrected chi connectivity index (χ4v) is 19.2. The Labute approximate surface area is 479 Å². The van der Waals surface area contributed by atoms with Crippen LogP contribution in [0.2, 0.25) is 0 Å². The normalized spacial score (nSPS) is 13.9. The van der Waals surface area contributed by atoms with Gasteiger partial charge < -0.3 is 0 Å². The van der Waals surface area contributed by atoms with Gasteiger partial charge in [0.25, 0.3) is 0 Å². The molecule has 15 heteroatoms. The van der Waals surface area contributed by atoms with Crippen LogP contribution in [0.1, 0.15) is 33.4 Å². The lowest BCUT2D eigenvalue weighted by Gasteiger charge is -2.28. The van der Waals surface area contributed by atoms with E-state index in [0.717, 1.165) is 80.9 Å². The first-order chi connectivity index (χ1) is 39.6. The average Bonchev–Trinajstić information content (AvgIpc) is 1.27. The second-order valence-corrected chi connectivity index (χ2v) is 30.2. The molecule has 10 rings (SSSR count). The molecule has 0 spiro atoms. The van der Waals surface area contributed by atoms with E-state index >= 15 is 0 Å². The van der Waals surface area contributed by atoms with Gasteiger partial charge in [-0.2, -0.15) is 52.7 Å². The highest BCUT2D eigenvalue weighted by atomic mass is 31.2. The van der Waals surface area contributed by atoms with Crippen LogP contribution in [0.15, 0.2) is 237 Å². The van der Waals surface area contributed by atoms with E-state index in [1.165, 1.54) is 48.5 Å². The molecule has 0 nitrogen and oxygen atoms in total. The SMILES string of the molecule is C=P(c1ccc(C)cc1)(c1ccc(C(F)(F)F)cc1)c1cccc(-c2cc(-c3cccc(P(=C)(c4ccc(C)cc4)c4ccc(C(F)(F)F)cc4)c3)cc(-c3cccc(P(=C)(c4ccc(C(F)(F)F)cc4)c4ccc(C(F)(F)F)cc4)c3)c2)c1. The third kappa shape index (κ3) is 11.7. The highest BCUT2D eigenvalue weighted by Gasteiger charge is 2.35. The zero-order valence-corrected chi connectivity index (χ0v) is 47.7. The number of aryl methyl sites for hydroxylation is 2. The summed E-state index contributed by atoms with van der Waals surface area (Å²) in [6, 6.07) is 62.9. The summed E-state index contributed by atoms with van der Waals surface area (Å²) in [5.41, 5.74) is 2.52. The molecular weight excluding hydrogens is 1150 g/mol. The van der Waals surface area contributed by atoms with Gasteiger partial charge in [0, 0.05) is 0 Å². The van der Waals surface area contributed by atoms with Crippen LogP contribution in [0.3, 0.4) is 0 Å². The molecule has 2 atom stereocenters. The molecule has 10 aromatic rings. The first-order valence-electron chi connectivity index (χ1n) is 26.1. The summed E-state index contributed by atoms with van der Waals surface area (Å²) in [5, 5.41) is 5.62. The van der Waals surface area contributed by atoms with Gasteiger partial charge in [-0.25, -0.2) is 0 Å². The summed E-state index contributed by atoms with van der Waals surface area (Å²) >= 11 is 0. The summed E-state index contributed by atoms with van der Waals surface area (Å²) in [5.74, 6) is 0. The smallest absolute Gasteiger partial charge is 0.166 e. The van der Waals surface area contributed by atoms with Crippen LogP contribution in [-0.4, -0.2) is 18.9 Å². The molecule has 0 heterocycles. The van der Waals surface area contributed by atoms with E-state index in [1.807, 2.05) is 141 Å². The monoisotopic (exact) mass is 1200 g/mol. The van der Waals surface area contributed by atoms with Crippen molar-refractivity contribution >= 4 is 87.3 Å². The standard InChI is InChI=1S/C69H51F12P3/c1-45-15-27-57(28-16-45)82(3,59-31-19-53(20-32-59)66(70,71)72)63-12-6-9-47(42-63)50-39-51(48-10-7-13-64(43-48)83(4,58-29-17-46(2)18-30-58)60-33-21-54(22-34-60)67(73,74)75)41-52(40-50)49-11-8-14-65(44-49)84(5,61-35-23-55(24-36-61)68(76,77)78)62-37-25-56(26-38-62)69(79,80)81/h6-44H,3-5H2,1-2H3. The lowest BCUT2D eigenvalue weighted by Crippen LogP contribution is -2.26. The van der Waals surface area contributed by atoms with Gasteiger partial charge in [0.1, 0.15) is 0 Å². The molecule has 0 bridgehead atoms. The summed E-state index contributed by atoms with van der Waals surface area (Å²) in [6.45, 7) is -5.26. The Morgan fingerprint density at radius 1 is 0.226 bits per heavy atom. The van der Waals surface area contributed by atoms with E-state index in [2.05, 4.69) is 6.30 Å². The van der Waals surface area contributed by atoms with Crippen molar-refractivity contribution in [2.75, 3.05) is 0 Å². The molecule has 0 aliphatic carbocycles. The molecular formula is C69H51F12P3. The van der Waals surface area contributed by atoms with Gasteiger partial charge in [-0.15, -0.1) is 0 Å². The molecule has 0 fully saturated rings. The Hall–Kier alpha value is -7.74. The highest BCUT2D eigenvalue weighted by Crippen LogP contribution is 2.48. The van der Waals surface area contributed by atoms with Crippen molar-refractivity contribution in [3.63, 3.8) is 0 Å². The van der Waals surface area contributed by atoms with E-state index in [1.54, 1.807) is 12.1 Å². The third-order valence-electron chi connectivity index (χ3n) is 15.3. The van der Waals surface area contributed by atoms with Crippen molar-refractivity contribution < 1.29 is 52.7 Å². The number of rotatable bonds is 12. The molecule has 0 N–H and O–H groups in total. The van der Waals surface area contributed by atoms with Crippen LogP contribution < -0.4 is 47.7 Å².